The minimum atomic E-state index is -0.592. The van der Waals surface area contributed by atoms with Crippen molar-refractivity contribution in [1.29, 1.82) is 0 Å². The van der Waals surface area contributed by atoms with E-state index in [1.54, 1.807) is 31.4 Å². The Morgan fingerprint density at radius 2 is 1.66 bits per heavy atom. The van der Waals surface area contributed by atoms with Gasteiger partial charge in [0.2, 0.25) is 11.0 Å². The standard InChI is InChI=1S/C29H20N4O4S/c1-36-20-14-12-18(13-15-20)22-16-21(17-8-4-2-5-9-17)23-24(30)27(38-28(23)31-22)26(34)25-29(35)37-32-33(25)19-10-6-3-7-11-19/h2-16H,1H3,(H2-,30,32,34,35)/p+1. The lowest BCUT2D eigenvalue weighted by molar-refractivity contribution is -0.672. The minimum absolute atomic E-state index is 0.119. The zero-order chi connectivity index (χ0) is 26.2. The maximum Gasteiger partial charge on any atom is 0.393 e. The highest BCUT2D eigenvalue weighted by Crippen LogP contribution is 2.42. The third-order valence-electron chi connectivity index (χ3n) is 6.21. The first-order valence-corrected chi connectivity index (χ1v) is 12.5. The number of thiophene rings is 1. The number of methoxy groups -OCH3 is 1. The molecule has 0 spiro atoms. The number of anilines is 1. The summed E-state index contributed by atoms with van der Waals surface area (Å²) in [5.41, 5.74) is 10.8. The predicted octanol–water partition coefficient (Wildman–Crippen LogP) is 5.42. The fourth-order valence-corrected chi connectivity index (χ4v) is 5.41. The molecule has 9 heteroatoms. The number of carbonyl (C=O) groups is 1. The lowest BCUT2D eigenvalue weighted by Crippen LogP contribution is -2.38. The maximum atomic E-state index is 13.8. The molecule has 3 aromatic heterocycles. The number of hydrogen-bond donors (Lipinski definition) is 2. The van der Waals surface area contributed by atoms with Crippen LogP contribution in [0.2, 0.25) is 0 Å². The number of rotatable bonds is 6. The Labute approximate surface area is 221 Å². The summed E-state index contributed by atoms with van der Waals surface area (Å²) in [7, 11) is 1.62. The Kier molecular flexibility index (Phi) is 5.82. The normalized spacial score (nSPS) is 11.1. The van der Waals surface area contributed by atoms with Gasteiger partial charge in [0, 0.05) is 27.8 Å². The number of fused-ring (bicyclic) bond motifs is 1. The number of carbonyl (C=O) groups excluding carboxylic acids is 1. The Balaban J connectivity index is 1.55. The molecule has 6 rings (SSSR count). The molecule has 0 fully saturated rings. The first-order valence-electron chi connectivity index (χ1n) is 11.7. The smallest absolute Gasteiger partial charge is 0.393 e. The summed E-state index contributed by atoms with van der Waals surface area (Å²) in [5, 5.41) is 15.0. The quantitative estimate of drug-likeness (QED) is 0.222. The van der Waals surface area contributed by atoms with E-state index in [0.29, 0.717) is 15.9 Å². The van der Waals surface area contributed by atoms with E-state index in [9.17, 15) is 9.90 Å². The zero-order valence-electron chi connectivity index (χ0n) is 20.2. The van der Waals surface area contributed by atoms with Gasteiger partial charge in [-0.25, -0.2) is 4.98 Å². The molecule has 8 nitrogen and oxygen atoms in total. The van der Waals surface area contributed by atoms with Crippen molar-refractivity contribution in [2.45, 2.75) is 0 Å². The molecule has 3 heterocycles. The molecule has 0 aliphatic carbocycles. The Morgan fingerprint density at radius 1 is 0.974 bits per heavy atom. The summed E-state index contributed by atoms with van der Waals surface area (Å²) in [6, 6.07) is 28.3. The first-order chi connectivity index (χ1) is 18.5. The summed E-state index contributed by atoms with van der Waals surface area (Å²) in [5.74, 6) is -0.365. The molecule has 0 saturated heterocycles. The molecular formula is C29H21N4O4S+. The van der Waals surface area contributed by atoms with Crippen LogP contribution in [0.5, 0.6) is 11.7 Å². The number of nitrogens with zero attached hydrogens (tertiary/aromatic N) is 3. The highest BCUT2D eigenvalue weighted by Gasteiger charge is 2.37. The SMILES string of the molecule is COc1ccc(-c2cc(-c3ccccc3)c3c(N)c(C(=O)c4c(O)on[n+]4-c4ccccc4)sc3n2)cc1. The van der Waals surface area contributed by atoms with E-state index >= 15 is 0 Å². The van der Waals surface area contributed by atoms with Crippen molar-refractivity contribution in [3.05, 3.63) is 102 Å². The van der Waals surface area contributed by atoms with E-state index in [1.807, 2.05) is 66.7 Å². The largest absolute Gasteiger partial charge is 0.497 e. The number of benzene rings is 3. The van der Waals surface area contributed by atoms with Crippen LogP contribution >= 0.6 is 11.3 Å². The Morgan fingerprint density at radius 3 is 2.34 bits per heavy atom. The molecule has 0 aliphatic rings. The maximum absolute atomic E-state index is 13.8. The molecule has 6 aromatic rings. The van der Waals surface area contributed by atoms with E-state index in [0.717, 1.165) is 39.5 Å². The van der Waals surface area contributed by atoms with E-state index < -0.39 is 11.7 Å². The van der Waals surface area contributed by atoms with Gasteiger partial charge < -0.3 is 15.6 Å². The summed E-state index contributed by atoms with van der Waals surface area (Å²) in [6.07, 6.45) is 0. The third-order valence-corrected chi connectivity index (χ3v) is 7.31. The van der Waals surface area contributed by atoms with Gasteiger partial charge in [-0.2, -0.15) is 0 Å². The van der Waals surface area contributed by atoms with Crippen molar-refractivity contribution in [3.63, 3.8) is 0 Å². The predicted molar refractivity (Wildman–Crippen MR) is 145 cm³/mol. The van der Waals surface area contributed by atoms with Crippen molar-refractivity contribution in [2.75, 3.05) is 12.8 Å². The number of nitrogen functional groups attached to an aromatic ring is 1. The topological polar surface area (TPSA) is 115 Å². The number of aromatic nitrogens is 3. The van der Waals surface area contributed by atoms with E-state index in [2.05, 4.69) is 5.27 Å². The van der Waals surface area contributed by atoms with E-state index in [4.69, 9.17) is 20.0 Å². The lowest BCUT2D eigenvalue weighted by Gasteiger charge is -2.09. The molecule has 38 heavy (non-hydrogen) atoms. The van der Waals surface area contributed by atoms with Gasteiger partial charge in [-0.1, -0.05) is 48.5 Å². The second kappa shape index (κ2) is 9.45. The molecule has 3 aromatic carbocycles. The summed E-state index contributed by atoms with van der Waals surface area (Å²) >= 11 is 1.16. The van der Waals surface area contributed by atoms with Crippen LogP contribution in [-0.2, 0) is 0 Å². The highest BCUT2D eigenvalue weighted by atomic mass is 32.1. The molecule has 0 bridgehead atoms. The van der Waals surface area contributed by atoms with Crippen LogP contribution in [0, 0.1) is 0 Å². The highest BCUT2D eigenvalue weighted by molar-refractivity contribution is 7.21. The molecule has 0 amide bonds. The Bertz CT molecular complexity index is 1780. The fraction of sp³-hybridized carbons (Fsp3) is 0.0345. The monoisotopic (exact) mass is 521 g/mol. The Hall–Kier alpha value is -5.02. The fourth-order valence-electron chi connectivity index (χ4n) is 4.35. The third kappa shape index (κ3) is 3.95. The van der Waals surface area contributed by atoms with Crippen LogP contribution in [-0.4, -0.2) is 28.3 Å². The second-order valence-corrected chi connectivity index (χ2v) is 9.48. The van der Waals surface area contributed by atoms with Crippen molar-refractivity contribution >= 4 is 33.0 Å². The van der Waals surface area contributed by atoms with Crippen molar-refractivity contribution in [3.8, 4) is 39.8 Å². The molecule has 0 unspecified atom stereocenters. The molecule has 0 saturated carbocycles. The van der Waals surface area contributed by atoms with Crippen LogP contribution in [0.25, 0.3) is 38.3 Å². The molecule has 0 atom stereocenters. The number of hydrogen-bond acceptors (Lipinski definition) is 8. The number of aromatic hydroxyl groups is 1. The van der Waals surface area contributed by atoms with Crippen LogP contribution in [0.1, 0.15) is 15.4 Å². The summed E-state index contributed by atoms with van der Waals surface area (Å²) in [4.78, 5) is 19.5. The van der Waals surface area contributed by atoms with Crippen LogP contribution in [0.4, 0.5) is 5.69 Å². The van der Waals surface area contributed by atoms with Gasteiger partial charge >= 0.3 is 11.6 Å². The number of nitrogens with two attached hydrogens (primary N) is 1. The average Bonchev–Trinajstić information content (AvgIpc) is 3.52. The van der Waals surface area contributed by atoms with Crippen LogP contribution in [0.3, 0.4) is 0 Å². The molecule has 0 aliphatic heterocycles. The van der Waals surface area contributed by atoms with Gasteiger partial charge in [0.25, 0.3) is 5.78 Å². The molecule has 186 valence electrons. The van der Waals surface area contributed by atoms with Gasteiger partial charge in [-0.3, -0.25) is 9.32 Å². The van der Waals surface area contributed by atoms with Gasteiger partial charge in [0.1, 0.15) is 15.5 Å². The van der Waals surface area contributed by atoms with Crippen molar-refractivity contribution < 1.29 is 23.8 Å². The van der Waals surface area contributed by atoms with E-state index in [1.165, 1.54) is 4.68 Å². The number of ketones is 1. The van der Waals surface area contributed by atoms with Gasteiger partial charge in [-0.05, 0) is 41.5 Å². The van der Waals surface area contributed by atoms with Gasteiger partial charge in [-0.15, -0.1) is 11.3 Å². The zero-order valence-corrected chi connectivity index (χ0v) is 21.0. The van der Waals surface area contributed by atoms with Gasteiger partial charge in [0.15, 0.2) is 0 Å². The first kappa shape index (κ1) is 23.4. The number of pyridine rings is 1. The van der Waals surface area contributed by atoms with Crippen molar-refractivity contribution in [2.24, 2.45) is 0 Å². The molecular weight excluding hydrogens is 500 g/mol. The minimum Gasteiger partial charge on any atom is -0.497 e. The summed E-state index contributed by atoms with van der Waals surface area (Å²) < 4.78 is 11.5. The van der Waals surface area contributed by atoms with Crippen LogP contribution in [0.15, 0.2) is 95.5 Å². The van der Waals surface area contributed by atoms with Crippen molar-refractivity contribution in [1.82, 2.24) is 10.3 Å². The number of para-hydroxylation sites is 1. The average molecular weight is 522 g/mol. The molecule has 3 N–H and O–H groups in total. The summed E-state index contributed by atoms with van der Waals surface area (Å²) in [6.45, 7) is 0. The van der Waals surface area contributed by atoms with Gasteiger partial charge in [0.05, 0.1) is 18.5 Å². The van der Waals surface area contributed by atoms with E-state index in [-0.39, 0.29) is 16.3 Å². The number of ether oxygens (including phenoxy) is 1. The van der Waals surface area contributed by atoms with Crippen LogP contribution < -0.4 is 15.2 Å². The molecule has 0 radical (unpaired) electrons. The second-order valence-electron chi connectivity index (χ2n) is 8.48. The lowest BCUT2D eigenvalue weighted by atomic mass is 9.99.